The second kappa shape index (κ2) is 5.36. The van der Waals surface area contributed by atoms with Crippen molar-refractivity contribution in [2.24, 2.45) is 0 Å². The molecule has 0 spiro atoms. The Morgan fingerprint density at radius 2 is 2.07 bits per heavy atom. The minimum atomic E-state index is -0.488. The molecule has 1 amide bonds. The lowest BCUT2D eigenvalue weighted by Gasteiger charge is -2.07. The molecule has 0 aliphatic rings. The maximum absolute atomic E-state index is 10.9. The molecule has 0 bridgehead atoms. The third kappa shape index (κ3) is 3.59. The number of nitrogens with one attached hydrogen (secondary N) is 1. The Morgan fingerprint density at radius 1 is 1.47 bits per heavy atom. The average molecular weight is 209 g/mol. The number of likely N-dealkylation sites (N-methyl/N-ethyl adjacent to an activating group) is 1. The van der Waals surface area contributed by atoms with E-state index >= 15 is 0 Å². The molecule has 1 aromatic rings. The van der Waals surface area contributed by atoms with E-state index in [-0.39, 0.29) is 12.5 Å². The predicted molar refractivity (Wildman–Crippen MR) is 56.6 cm³/mol. The highest BCUT2D eigenvalue weighted by molar-refractivity contribution is 5.77. The summed E-state index contributed by atoms with van der Waals surface area (Å²) in [6, 6.07) is 6.99. The number of carbonyl (C=O) groups is 1. The fourth-order valence-corrected chi connectivity index (χ4v) is 1.06. The molecule has 0 aromatic heterocycles. The lowest BCUT2D eigenvalue weighted by molar-refractivity contribution is -0.122. The summed E-state index contributed by atoms with van der Waals surface area (Å²) in [6.45, 7) is 1.70. The molecule has 82 valence electrons. The molecule has 0 aliphatic carbocycles. The third-order valence-electron chi connectivity index (χ3n) is 2.01. The van der Waals surface area contributed by atoms with Gasteiger partial charge >= 0.3 is 0 Å². The second-order valence-corrected chi connectivity index (χ2v) is 3.21. The first-order valence-electron chi connectivity index (χ1n) is 4.75. The molecule has 2 N–H and O–H groups in total. The van der Waals surface area contributed by atoms with Crippen LogP contribution < -0.4 is 10.1 Å². The average Bonchev–Trinajstić information content (AvgIpc) is 2.26. The Bertz CT molecular complexity index is 319. The molecule has 1 rings (SSSR count). The van der Waals surface area contributed by atoms with Gasteiger partial charge in [-0.2, -0.15) is 0 Å². The SMILES string of the molecule is CNC(=O)COc1ccc(C(C)O)cc1. The van der Waals surface area contributed by atoms with E-state index in [0.29, 0.717) is 5.75 Å². The van der Waals surface area contributed by atoms with Gasteiger partial charge in [0.25, 0.3) is 5.91 Å². The summed E-state index contributed by atoms with van der Waals surface area (Å²) < 4.78 is 5.20. The molecular weight excluding hydrogens is 194 g/mol. The summed E-state index contributed by atoms with van der Waals surface area (Å²) in [6.07, 6.45) is -0.488. The summed E-state index contributed by atoms with van der Waals surface area (Å²) in [5.74, 6) is 0.442. The fourth-order valence-electron chi connectivity index (χ4n) is 1.06. The van der Waals surface area contributed by atoms with E-state index in [0.717, 1.165) is 5.56 Å². The van der Waals surface area contributed by atoms with E-state index in [4.69, 9.17) is 4.74 Å². The van der Waals surface area contributed by atoms with Gasteiger partial charge in [-0.15, -0.1) is 0 Å². The number of ether oxygens (including phenoxy) is 1. The van der Waals surface area contributed by atoms with Gasteiger partial charge in [-0.3, -0.25) is 4.79 Å². The topological polar surface area (TPSA) is 58.6 Å². The van der Waals surface area contributed by atoms with Crippen LogP contribution in [0.4, 0.5) is 0 Å². The van der Waals surface area contributed by atoms with Crippen LogP contribution in [-0.2, 0) is 4.79 Å². The largest absolute Gasteiger partial charge is 0.484 e. The van der Waals surface area contributed by atoms with E-state index in [1.54, 1.807) is 38.2 Å². The molecule has 0 saturated heterocycles. The van der Waals surface area contributed by atoms with Crippen LogP contribution in [-0.4, -0.2) is 24.7 Å². The molecule has 15 heavy (non-hydrogen) atoms. The molecule has 0 fully saturated rings. The Kier molecular flexibility index (Phi) is 4.12. The number of aliphatic hydroxyl groups excluding tert-OH is 1. The minimum absolute atomic E-state index is 0.00449. The third-order valence-corrected chi connectivity index (χ3v) is 2.01. The van der Waals surface area contributed by atoms with Crippen LogP contribution in [0.5, 0.6) is 5.75 Å². The Balaban J connectivity index is 2.53. The summed E-state index contributed by atoms with van der Waals surface area (Å²) in [7, 11) is 1.56. The summed E-state index contributed by atoms with van der Waals surface area (Å²) >= 11 is 0. The van der Waals surface area contributed by atoms with Crippen LogP contribution in [0.3, 0.4) is 0 Å². The maximum Gasteiger partial charge on any atom is 0.257 e. The Labute approximate surface area is 88.9 Å². The van der Waals surface area contributed by atoms with Crippen LogP contribution in [0.25, 0.3) is 0 Å². The molecule has 0 saturated carbocycles. The number of benzene rings is 1. The summed E-state index contributed by atoms with van der Waals surface area (Å²) in [5.41, 5.74) is 0.822. The number of amides is 1. The zero-order chi connectivity index (χ0) is 11.3. The van der Waals surface area contributed by atoms with Gasteiger partial charge in [0.05, 0.1) is 6.10 Å². The normalized spacial score (nSPS) is 11.9. The van der Waals surface area contributed by atoms with Crippen LogP contribution in [0.2, 0.25) is 0 Å². The van der Waals surface area contributed by atoms with Crippen LogP contribution in [0, 0.1) is 0 Å². The highest BCUT2D eigenvalue weighted by Gasteiger charge is 2.02. The van der Waals surface area contributed by atoms with Crippen LogP contribution in [0.1, 0.15) is 18.6 Å². The van der Waals surface area contributed by atoms with Gasteiger partial charge in [0.15, 0.2) is 6.61 Å². The molecule has 1 atom stereocenters. The van der Waals surface area contributed by atoms with Gasteiger partial charge in [0.2, 0.25) is 0 Å². The molecular formula is C11H15NO3. The highest BCUT2D eigenvalue weighted by atomic mass is 16.5. The monoisotopic (exact) mass is 209 g/mol. The molecule has 0 radical (unpaired) electrons. The summed E-state index contributed by atoms with van der Waals surface area (Å²) in [5, 5.41) is 11.7. The standard InChI is InChI=1S/C11H15NO3/c1-8(13)9-3-5-10(6-4-9)15-7-11(14)12-2/h3-6,8,13H,7H2,1-2H3,(H,12,14). The van der Waals surface area contributed by atoms with Crippen molar-refractivity contribution in [2.45, 2.75) is 13.0 Å². The van der Waals surface area contributed by atoms with E-state index in [9.17, 15) is 9.90 Å². The first kappa shape index (κ1) is 11.5. The predicted octanol–water partition coefficient (Wildman–Crippen LogP) is 0.865. The molecule has 0 aliphatic heterocycles. The van der Waals surface area contributed by atoms with Crippen molar-refractivity contribution in [3.63, 3.8) is 0 Å². The minimum Gasteiger partial charge on any atom is -0.484 e. The van der Waals surface area contributed by atoms with Crippen molar-refractivity contribution >= 4 is 5.91 Å². The van der Waals surface area contributed by atoms with Gasteiger partial charge < -0.3 is 15.2 Å². The van der Waals surface area contributed by atoms with Gasteiger partial charge in [0.1, 0.15) is 5.75 Å². The van der Waals surface area contributed by atoms with Crippen molar-refractivity contribution in [3.05, 3.63) is 29.8 Å². The van der Waals surface area contributed by atoms with Crippen molar-refractivity contribution in [1.82, 2.24) is 5.32 Å². The number of hydrogen-bond donors (Lipinski definition) is 2. The van der Waals surface area contributed by atoms with Gasteiger partial charge in [-0.1, -0.05) is 12.1 Å². The number of carbonyl (C=O) groups excluding carboxylic acids is 1. The zero-order valence-corrected chi connectivity index (χ0v) is 8.86. The van der Waals surface area contributed by atoms with Crippen LogP contribution >= 0.6 is 0 Å². The quantitative estimate of drug-likeness (QED) is 0.773. The van der Waals surface area contributed by atoms with E-state index in [1.165, 1.54) is 0 Å². The second-order valence-electron chi connectivity index (χ2n) is 3.21. The van der Waals surface area contributed by atoms with E-state index < -0.39 is 6.10 Å². The fraction of sp³-hybridized carbons (Fsp3) is 0.364. The van der Waals surface area contributed by atoms with Gasteiger partial charge in [-0.05, 0) is 24.6 Å². The number of hydrogen-bond acceptors (Lipinski definition) is 3. The molecule has 1 aromatic carbocycles. The summed E-state index contributed by atoms with van der Waals surface area (Å²) in [4.78, 5) is 10.9. The van der Waals surface area contributed by atoms with Crippen LogP contribution in [0.15, 0.2) is 24.3 Å². The molecule has 4 nitrogen and oxygen atoms in total. The smallest absolute Gasteiger partial charge is 0.257 e. The highest BCUT2D eigenvalue weighted by Crippen LogP contribution is 2.16. The first-order valence-corrected chi connectivity index (χ1v) is 4.75. The van der Waals surface area contributed by atoms with E-state index in [2.05, 4.69) is 5.32 Å². The van der Waals surface area contributed by atoms with E-state index in [1.807, 2.05) is 0 Å². The van der Waals surface area contributed by atoms with Crippen molar-refractivity contribution in [3.8, 4) is 5.75 Å². The van der Waals surface area contributed by atoms with Crippen molar-refractivity contribution in [2.75, 3.05) is 13.7 Å². The van der Waals surface area contributed by atoms with Crippen molar-refractivity contribution < 1.29 is 14.6 Å². The molecule has 4 heteroatoms. The maximum atomic E-state index is 10.9. The molecule has 0 heterocycles. The number of rotatable bonds is 4. The number of aliphatic hydroxyl groups is 1. The zero-order valence-electron chi connectivity index (χ0n) is 8.86. The van der Waals surface area contributed by atoms with Crippen molar-refractivity contribution in [1.29, 1.82) is 0 Å². The Morgan fingerprint density at radius 3 is 2.53 bits per heavy atom. The van der Waals surface area contributed by atoms with Gasteiger partial charge in [-0.25, -0.2) is 0 Å². The Hall–Kier alpha value is -1.55. The lowest BCUT2D eigenvalue weighted by Crippen LogP contribution is -2.24. The van der Waals surface area contributed by atoms with Gasteiger partial charge in [0, 0.05) is 7.05 Å². The lowest BCUT2D eigenvalue weighted by atomic mass is 10.1. The first-order chi connectivity index (χ1) is 7.13. The molecule has 1 unspecified atom stereocenters.